The zero-order valence-electron chi connectivity index (χ0n) is 12.1. The van der Waals surface area contributed by atoms with Crippen LogP contribution in [0.1, 0.15) is 41.5 Å². The highest BCUT2D eigenvalue weighted by Gasteiger charge is 2.35. The Morgan fingerprint density at radius 3 is 1.42 bits per heavy atom. The van der Waals surface area contributed by atoms with Gasteiger partial charge in [0.2, 0.25) is 0 Å². The van der Waals surface area contributed by atoms with Gasteiger partial charge in [-0.2, -0.15) is 0 Å². The molecule has 0 aromatic heterocycles. The lowest BCUT2D eigenvalue weighted by Crippen LogP contribution is -2.47. The monoisotopic (exact) mass is 293 g/mol. The van der Waals surface area contributed by atoms with Crippen molar-refractivity contribution in [1.82, 2.24) is 4.90 Å². The van der Waals surface area contributed by atoms with Gasteiger partial charge in [-0.15, -0.1) is 16.5 Å². The molecule has 0 rings (SSSR count). The topological polar surface area (TPSA) is 72.9 Å². The first kappa shape index (κ1) is 17.7. The summed E-state index contributed by atoms with van der Waals surface area (Å²) < 4.78 is 9.93. The van der Waals surface area contributed by atoms with Crippen LogP contribution in [0.2, 0.25) is 0 Å². The van der Waals surface area contributed by atoms with E-state index in [1.807, 2.05) is 0 Å². The minimum Gasteiger partial charge on any atom is -0.443 e. The molecule has 19 heavy (non-hydrogen) atoms. The first-order valence-corrected chi connectivity index (χ1v) is 6.26. The first-order chi connectivity index (χ1) is 8.37. The second kappa shape index (κ2) is 6.23. The Hall–Kier alpha value is -1.30. The van der Waals surface area contributed by atoms with Crippen molar-refractivity contribution in [3.8, 4) is 0 Å². The second-order valence-electron chi connectivity index (χ2n) is 5.82. The van der Waals surface area contributed by atoms with Crippen LogP contribution in [0.3, 0.4) is 0 Å². The molecule has 0 saturated heterocycles. The fourth-order valence-corrected chi connectivity index (χ4v) is 1.07. The lowest BCUT2D eigenvalue weighted by atomic mass is 10.2. The quantitative estimate of drug-likeness (QED) is 0.695. The van der Waals surface area contributed by atoms with E-state index in [0.717, 1.165) is 0 Å². The summed E-state index contributed by atoms with van der Waals surface area (Å²) in [7, 11) is 0. The largest absolute Gasteiger partial charge is 0.443 e. The van der Waals surface area contributed by atoms with Gasteiger partial charge in [0.05, 0.1) is 0 Å². The van der Waals surface area contributed by atoms with Gasteiger partial charge in [0.15, 0.2) is 0 Å². The Morgan fingerprint density at radius 1 is 0.895 bits per heavy atom. The average molecular weight is 294 g/mol. The predicted octanol–water partition coefficient (Wildman–Crippen LogP) is 2.92. The molecule has 0 heterocycles. The Bertz CT molecular complexity index is 339. The molecule has 0 bridgehead atoms. The zero-order chi connectivity index (χ0) is 15.4. The van der Waals surface area contributed by atoms with Crippen LogP contribution in [-0.4, -0.2) is 40.1 Å². The number of halogens is 1. The summed E-state index contributed by atoms with van der Waals surface area (Å²) in [6.45, 7) is 9.69. The Balaban J connectivity index is 5.08. The number of ether oxygens (including phenoxy) is 2. The molecular weight excluding hydrogens is 274 g/mol. The van der Waals surface area contributed by atoms with Gasteiger partial charge in [-0.1, -0.05) is 0 Å². The molecule has 0 spiro atoms. The van der Waals surface area contributed by atoms with Crippen LogP contribution in [0, 0.1) is 0 Å². The molecule has 0 aliphatic carbocycles. The van der Waals surface area contributed by atoms with Gasteiger partial charge in [0.25, 0.3) is 5.91 Å². The van der Waals surface area contributed by atoms with E-state index >= 15 is 0 Å². The molecule has 0 aromatic rings. The Labute approximate surface area is 118 Å². The number of nitrogens with zero attached hydrogens (tertiary/aromatic N) is 1. The van der Waals surface area contributed by atoms with Crippen LogP contribution in [0.4, 0.5) is 9.59 Å². The summed E-state index contributed by atoms with van der Waals surface area (Å²) in [5, 5.41) is 0. The lowest BCUT2D eigenvalue weighted by molar-refractivity contribution is -0.126. The molecular formula is C12H20ClNO5. The van der Waals surface area contributed by atoms with E-state index in [4.69, 9.17) is 21.1 Å². The molecule has 0 saturated carbocycles. The molecule has 0 unspecified atom stereocenters. The maximum atomic E-state index is 11.8. The standard InChI is InChI=1S/C12H20ClNO5/c1-11(2,3)18-9(16)14(8(15)7-13)10(17)19-12(4,5)6/h7H2,1-6H3. The third kappa shape index (κ3) is 7.00. The van der Waals surface area contributed by atoms with Crippen molar-refractivity contribution in [2.24, 2.45) is 0 Å². The third-order valence-electron chi connectivity index (χ3n) is 1.52. The van der Waals surface area contributed by atoms with E-state index in [9.17, 15) is 14.4 Å². The molecule has 7 heteroatoms. The van der Waals surface area contributed by atoms with Gasteiger partial charge in [-0.3, -0.25) is 4.79 Å². The second-order valence-corrected chi connectivity index (χ2v) is 6.09. The highest BCUT2D eigenvalue weighted by Crippen LogP contribution is 2.14. The molecule has 6 nitrogen and oxygen atoms in total. The van der Waals surface area contributed by atoms with Crippen LogP contribution in [0.15, 0.2) is 0 Å². The van der Waals surface area contributed by atoms with Crippen molar-refractivity contribution < 1.29 is 23.9 Å². The number of imide groups is 3. The summed E-state index contributed by atoms with van der Waals surface area (Å²) in [6.07, 6.45) is -2.21. The predicted molar refractivity (Wildman–Crippen MR) is 70.0 cm³/mol. The summed E-state index contributed by atoms with van der Waals surface area (Å²) in [6, 6.07) is 0. The average Bonchev–Trinajstić information content (AvgIpc) is 2.11. The first-order valence-electron chi connectivity index (χ1n) is 5.72. The fraction of sp³-hybridized carbons (Fsp3) is 0.750. The Kier molecular flexibility index (Phi) is 5.81. The normalized spacial score (nSPS) is 11.7. The summed E-state index contributed by atoms with van der Waals surface area (Å²) in [5.41, 5.74) is -1.69. The van der Waals surface area contributed by atoms with Gasteiger partial charge >= 0.3 is 12.2 Å². The van der Waals surface area contributed by atoms with Crippen LogP contribution in [0.5, 0.6) is 0 Å². The number of rotatable bonds is 1. The van der Waals surface area contributed by atoms with E-state index in [1.54, 1.807) is 41.5 Å². The molecule has 0 aliphatic rings. The molecule has 0 fully saturated rings. The van der Waals surface area contributed by atoms with Crippen LogP contribution in [0.25, 0.3) is 0 Å². The van der Waals surface area contributed by atoms with E-state index in [0.29, 0.717) is 0 Å². The lowest BCUT2D eigenvalue weighted by Gasteiger charge is -2.27. The molecule has 0 N–H and O–H groups in total. The van der Waals surface area contributed by atoms with Crippen molar-refractivity contribution in [2.75, 3.05) is 5.88 Å². The number of amides is 3. The van der Waals surface area contributed by atoms with Gasteiger partial charge in [-0.05, 0) is 41.5 Å². The van der Waals surface area contributed by atoms with Crippen LogP contribution >= 0.6 is 11.6 Å². The maximum absolute atomic E-state index is 11.8. The number of alkyl halides is 1. The van der Waals surface area contributed by atoms with E-state index in [2.05, 4.69) is 0 Å². The summed E-state index contributed by atoms with van der Waals surface area (Å²) >= 11 is 5.37. The van der Waals surface area contributed by atoms with Gasteiger partial charge in [0, 0.05) is 0 Å². The maximum Gasteiger partial charge on any atom is 0.426 e. The molecule has 110 valence electrons. The SMILES string of the molecule is CC(C)(C)OC(=O)N(C(=O)CCl)C(=O)OC(C)(C)C. The van der Waals surface area contributed by atoms with Crippen molar-refractivity contribution in [1.29, 1.82) is 0 Å². The van der Waals surface area contributed by atoms with E-state index in [-0.39, 0.29) is 4.90 Å². The van der Waals surface area contributed by atoms with Crippen molar-refractivity contribution in [2.45, 2.75) is 52.7 Å². The van der Waals surface area contributed by atoms with Crippen molar-refractivity contribution in [3.05, 3.63) is 0 Å². The summed E-state index contributed by atoms with van der Waals surface area (Å²) in [5.74, 6) is -1.43. The number of carbonyl (C=O) groups excluding carboxylic acids is 3. The van der Waals surface area contributed by atoms with Gasteiger partial charge in [0.1, 0.15) is 17.1 Å². The van der Waals surface area contributed by atoms with Gasteiger partial charge < -0.3 is 9.47 Å². The minimum atomic E-state index is -1.10. The smallest absolute Gasteiger partial charge is 0.426 e. The highest BCUT2D eigenvalue weighted by atomic mass is 35.5. The number of carbonyl (C=O) groups is 3. The molecule has 0 atom stereocenters. The number of hydrogen-bond donors (Lipinski definition) is 0. The van der Waals surface area contributed by atoms with E-state index in [1.165, 1.54) is 0 Å². The molecule has 3 amide bonds. The summed E-state index contributed by atoms with van der Waals surface area (Å²) in [4.78, 5) is 35.4. The number of hydrogen-bond acceptors (Lipinski definition) is 5. The Morgan fingerprint density at radius 2 is 1.21 bits per heavy atom. The zero-order valence-corrected chi connectivity index (χ0v) is 12.8. The van der Waals surface area contributed by atoms with Crippen LogP contribution in [-0.2, 0) is 14.3 Å². The van der Waals surface area contributed by atoms with E-state index < -0.39 is 35.2 Å². The van der Waals surface area contributed by atoms with Crippen molar-refractivity contribution >= 4 is 29.7 Å². The molecule has 0 aromatic carbocycles. The van der Waals surface area contributed by atoms with Crippen LogP contribution < -0.4 is 0 Å². The third-order valence-corrected chi connectivity index (χ3v) is 1.74. The van der Waals surface area contributed by atoms with Crippen molar-refractivity contribution in [3.63, 3.8) is 0 Å². The minimum absolute atomic E-state index is 0.267. The molecule has 0 radical (unpaired) electrons. The molecule has 0 aliphatic heterocycles. The fourth-order valence-electron chi connectivity index (χ4n) is 0.953. The highest BCUT2D eigenvalue weighted by molar-refractivity contribution is 6.29. The van der Waals surface area contributed by atoms with Gasteiger partial charge in [-0.25, -0.2) is 9.59 Å².